The zero-order valence-corrected chi connectivity index (χ0v) is 21.2. The number of rotatable bonds is 4. The molecule has 0 aromatic heterocycles. The zero-order valence-electron chi connectivity index (χ0n) is 20.4. The van der Waals surface area contributed by atoms with Gasteiger partial charge in [-0.3, -0.25) is 4.55 Å². The number of likely N-dealkylation sites (N-methyl/N-ethyl adjacent to an activating group) is 1. The zero-order chi connectivity index (χ0) is 27.0. The molecule has 0 saturated carbocycles. The van der Waals surface area contributed by atoms with Gasteiger partial charge in [0.25, 0.3) is 15.8 Å². The van der Waals surface area contributed by atoms with Gasteiger partial charge in [0.1, 0.15) is 0 Å². The van der Waals surface area contributed by atoms with Crippen LogP contribution in [0.5, 0.6) is 0 Å². The molecule has 1 N–H and O–H groups in total. The average molecular weight is 507 g/mol. The van der Waals surface area contributed by atoms with E-state index in [1.165, 1.54) is 12.1 Å². The monoisotopic (exact) mass is 506 g/mol. The van der Waals surface area contributed by atoms with Gasteiger partial charge in [0.2, 0.25) is 0 Å². The van der Waals surface area contributed by atoms with Gasteiger partial charge in [-0.05, 0) is 52.3 Å². The van der Waals surface area contributed by atoms with E-state index in [4.69, 9.17) is 6.57 Å². The van der Waals surface area contributed by atoms with Gasteiger partial charge in [-0.15, -0.1) is 0 Å². The maximum absolute atomic E-state index is 11.6. The highest BCUT2D eigenvalue weighted by Crippen LogP contribution is 2.50. The summed E-state index contributed by atoms with van der Waals surface area (Å²) < 4.78 is 32.7. The molecule has 0 bridgehead atoms. The highest BCUT2D eigenvalue weighted by Gasteiger charge is 2.39. The molecule has 0 aliphatic carbocycles. The van der Waals surface area contributed by atoms with Crippen LogP contribution in [0.4, 0.5) is 5.69 Å². The summed E-state index contributed by atoms with van der Waals surface area (Å²) in [4.78, 5) is 5.18. The van der Waals surface area contributed by atoms with Gasteiger partial charge in [0.05, 0.1) is 29.2 Å². The lowest BCUT2D eigenvalue weighted by Crippen LogP contribution is -2.22. The van der Waals surface area contributed by atoms with Gasteiger partial charge in [-0.1, -0.05) is 56.3 Å². The molecular formula is C29H22N4O3S. The Kier molecular flexibility index (Phi) is 6.46. The van der Waals surface area contributed by atoms with Gasteiger partial charge in [0.15, 0.2) is 0 Å². The predicted octanol–water partition coefficient (Wildman–Crippen LogP) is 6.00. The van der Waals surface area contributed by atoms with Crippen LogP contribution in [-0.2, 0) is 15.5 Å². The van der Waals surface area contributed by atoms with E-state index in [-0.39, 0.29) is 21.7 Å². The van der Waals surface area contributed by atoms with E-state index in [1.807, 2.05) is 50.1 Å². The molecule has 0 radical (unpaired) electrons. The number of hydrogen-bond acceptors (Lipinski definition) is 5. The molecule has 3 aromatic carbocycles. The van der Waals surface area contributed by atoms with E-state index in [1.54, 1.807) is 42.5 Å². The fourth-order valence-corrected chi connectivity index (χ4v) is 5.41. The predicted molar refractivity (Wildman–Crippen MR) is 143 cm³/mol. The molecule has 0 unspecified atom stereocenters. The van der Waals surface area contributed by atoms with Crippen molar-refractivity contribution >= 4 is 32.2 Å². The Morgan fingerprint density at radius 3 is 2.38 bits per heavy atom. The SMILES string of the molecule is [C-]#[N+]/C(C#N)=C(/C(C#N)=C/C=C1/N(C)c2ccc3cc(S(=O)(=O)O)ccc3c2C1(C)C)c1ccccc1. The fraction of sp³-hybridized carbons (Fsp3) is 0.138. The van der Waals surface area contributed by atoms with Crippen molar-refractivity contribution in [3.05, 3.63) is 112 Å². The second-order valence-electron chi connectivity index (χ2n) is 9.06. The van der Waals surface area contributed by atoms with Crippen molar-refractivity contribution in [2.24, 2.45) is 0 Å². The van der Waals surface area contributed by atoms with Gasteiger partial charge < -0.3 is 4.90 Å². The van der Waals surface area contributed by atoms with Crippen LogP contribution in [0.15, 0.2) is 94.7 Å². The van der Waals surface area contributed by atoms with Crippen molar-refractivity contribution in [1.29, 1.82) is 10.5 Å². The van der Waals surface area contributed by atoms with Crippen LogP contribution < -0.4 is 4.90 Å². The van der Waals surface area contributed by atoms with Crippen LogP contribution in [0.1, 0.15) is 25.0 Å². The van der Waals surface area contributed by atoms with Gasteiger partial charge in [-0.2, -0.15) is 13.7 Å². The Labute approximate surface area is 216 Å². The number of nitrogens with zero attached hydrogens (tertiary/aromatic N) is 4. The molecule has 4 rings (SSSR count). The van der Waals surface area contributed by atoms with Crippen LogP contribution in [0.2, 0.25) is 0 Å². The summed E-state index contributed by atoms with van der Waals surface area (Å²) in [6, 6.07) is 21.2. The molecule has 1 aliphatic heterocycles. The van der Waals surface area contributed by atoms with Gasteiger partial charge in [-0.25, -0.2) is 10.1 Å². The maximum Gasteiger partial charge on any atom is 0.294 e. The van der Waals surface area contributed by atoms with Crippen molar-refractivity contribution in [1.82, 2.24) is 0 Å². The highest BCUT2D eigenvalue weighted by molar-refractivity contribution is 7.85. The fourth-order valence-electron chi connectivity index (χ4n) is 4.89. The van der Waals surface area contributed by atoms with E-state index in [0.29, 0.717) is 10.9 Å². The molecule has 7 nitrogen and oxygen atoms in total. The van der Waals surface area contributed by atoms with Gasteiger partial charge in [0, 0.05) is 29.4 Å². The second kappa shape index (κ2) is 9.41. The molecule has 1 heterocycles. The van der Waals surface area contributed by atoms with Crippen molar-refractivity contribution in [3.63, 3.8) is 0 Å². The number of allylic oxidation sites excluding steroid dienone is 6. The third-order valence-electron chi connectivity index (χ3n) is 6.57. The van der Waals surface area contributed by atoms with Crippen molar-refractivity contribution in [2.45, 2.75) is 24.2 Å². The third-order valence-corrected chi connectivity index (χ3v) is 7.42. The molecule has 0 amide bonds. The molecular weight excluding hydrogens is 484 g/mol. The summed E-state index contributed by atoms with van der Waals surface area (Å²) in [5.74, 6) is 0. The van der Waals surface area contributed by atoms with E-state index in [0.717, 1.165) is 22.3 Å². The van der Waals surface area contributed by atoms with Crippen LogP contribution in [-0.4, -0.2) is 20.0 Å². The number of anilines is 1. The van der Waals surface area contributed by atoms with E-state index in [2.05, 4.69) is 10.9 Å². The number of fused-ring (bicyclic) bond motifs is 3. The Morgan fingerprint density at radius 1 is 1.08 bits per heavy atom. The topological polar surface area (TPSA) is 110 Å². The summed E-state index contributed by atoms with van der Waals surface area (Å²) in [6.07, 6.45) is 3.45. The van der Waals surface area contributed by atoms with Crippen LogP contribution in [0.3, 0.4) is 0 Å². The first kappa shape index (κ1) is 25.4. The van der Waals surface area contributed by atoms with E-state index >= 15 is 0 Å². The summed E-state index contributed by atoms with van der Waals surface area (Å²) in [7, 11) is -2.42. The Hall–Kier alpha value is -4.68. The molecule has 3 aromatic rings. The van der Waals surface area contributed by atoms with Crippen molar-refractivity contribution in [3.8, 4) is 12.1 Å². The number of nitriles is 2. The number of hydrogen-bond donors (Lipinski definition) is 1. The maximum atomic E-state index is 11.6. The molecule has 0 saturated heterocycles. The second-order valence-corrected chi connectivity index (χ2v) is 10.5. The lowest BCUT2D eigenvalue weighted by molar-refractivity contribution is 0.483. The van der Waals surface area contributed by atoms with E-state index in [9.17, 15) is 23.5 Å². The largest absolute Gasteiger partial charge is 0.347 e. The summed E-state index contributed by atoms with van der Waals surface area (Å²) in [5.41, 5.74) is 3.14. The molecule has 8 heteroatoms. The lowest BCUT2D eigenvalue weighted by Gasteiger charge is -2.24. The van der Waals surface area contributed by atoms with Crippen LogP contribution in [0.25, 0.3) is 21.2 Å². The van der Waals surface area contributed by atoms with Crippen molar-refractivity contribution < 1.29 is 13.0 Å². The molecule has 1 aliphatic rings. The van der Waals surface area contributed by atoms with E-state index < -0.39 is 15.5 Å². The Balaban J connectivity index is 1.89. The highest BCUT2D eigenvalue weighted by atomic mass is 32.2. The quantitative estimate of drug-likeness (QED) is 0.201. The minimum Gasteiger partial charge on any atom is -0.347 e. The Morgan fingerprint density at radius 2 is 1.78 bits per heavy atom. The van der Waals surface area contributed by atoms with Gasteiger partial charge >= 0.3 is 0 Å². The van der Waals surface area contributed by atoms with Crippen LogP contribution >= 0.6 is 0 Å². The lowest BCUT2D eigenvalue weighted by atomic mass is 9.81. The molecule has 37 heavy (non-hydrogen) atoms. The third kappa shape index (κ3) is 4.39. The summed E-state index contributed by atoms with van der Waals surface area (Å²) in [5, 5.41) is 21.1. The normalized spacial score (nSPS) is 16.5. The minimum atomic E-state index is -4.33. The summed E-state index contributed by atoms with van der Waals surface area (Å²) in [6.45, 7) is 11.5. The minimum absolute atomic E-state index is 0.166. The standard InChI is InChI=1S/C29H22N4O3S/c1-29(2)26(15-11-21(17-30)27(24(18-31)32-3)19-8-6-5-7-9-19)33(4)25-14-10-20-16-22(37(34,35)36)12-13-23(20)28(25)29/h5-16H,1-2,4H3,(H,34,35,36)/b21-11+,26-15+,27-24+. The molecule has 182 valence electrons. The van der Waals surface area contributed by atoms with Crippen molar-refractivity contribution in [2.75, 3.05) is 11.9 Å². The first-order valence-corrected chi connectivity index (χ1v) is 12.7. The first-order valence-electron chi connectivity index (χ1n) is 11.2. The van der Waals surface area contributed by atoms with Crippen LogP contribution in [0, 0.1) is 29.2 Å². The molecule has 0 atom stereocenters. The molecule has 0 fully saturated rings. The average Bonchev–Trinajstić information content (AvgIpc) is 3.08. The Bertz CT molecular complexity index is 1750. The first-order chi connectivity index (χ1) is 17.5. The smallest absolute Gasteiger partial charge is 0.294 e. The number of benzene rings is 3. The molecule has 0 spiro atoms. The summed E-state index contributed by atoms with van der Waals surface area (Å²) >= 11 is 0.